The fourth-order valence-corrected chi connectivity index (χ4v) is 3.50. The lowest BCUT2D eigenvalue weighted by Crippen LogP contribution is -2.55. The normalized spacial score (nSPS) is 20.7. The molecule has 1 saturated heterocycles. The van der Waals surface area contributed by atoms with E-state index in [-0.39, 0.29) is 5.75 Å². The number of hydrogen-bond donors (Lipinski definition) is 1. The van der Waals surface area contributed by atoms with E-state index in [1.165, 1.54) is 0 Å². The standard InChI is InChI=1S/C14H16N2O5S/c1-7-4-3-5-8(2)10(7)15-14(21)16-9(12(17)18)6-22-11(16)13(19)20/h3-5,9,11H,6H2,1-2H3,(H,15,21)(H,17,18)(H,19,20)/p-2/t9-,11+/m1/s1. The Kier molecular flexibility index (Phi) is 4.60. The molecule has 1 aliphatic heterocycles. The maximum Gasteiger partial charge on any atom is 0.323 e. The van der Waals surface area contributed by atoms with Crippen LogP contribution in [0.2, 0.25) is 0 Å². The van der Waals surface area contributed by atoms with Crippen LogP contribution in [0.15, 0.2) is 18.2 Å². The van der Waals surface area contributed by atoms with Crippen molar-refractivity contribution in [3.05, 3.63) is 29.3 Å². The van der Waals surface area contributed by atoms with Crippen molar-refractivity contribution in [2.45, 2.75) is 25.3 Å². The van der Waals surface area contributed by atoms with Crippen LogP contribution in [0.3, 0.4) is 0 Å². The van der Waals surface area contributed by atoms with Gasteiger partial charge in [-0.15, -0.1) is 11.8 Å². The van der Waals surface area contributed by atoms with Crippen molar-refractivity contribution in [2.75, 3.05) is 11.1 Å². The van der Waals surface area contributed by atoms with Crippen LogP contribution in [0.1, 0.15) is 11.1 Å². The number of amides is 2. The molecule has 0 radical (unpaired) electrons. The molecule has 1 fully saturated rings. The topological polar surface area (TPSA) is 113 Å². The second-order valence-electron chi connectivity index (χ2n) is 4.94. The van der Waals surface area contributed by atoms with Gasteiger partial charge in [-0.25, -0.2) is 4.79 Å². The van der Waals surface area contributed by atoms with Crippen LogP contribution in [0.25, 0.3) is 0 Å². The summed E-state index contributed by atoms with van der Waals surface area (Å²) in [5.74, 6) is -3.06. The van der Waals surface area contributed by atoms with Gasteiger partial charge in [-0.1, -0.05) is 18.2 Å². The number of benzene rings is 1. The van der Waals surface area contributed by atoms with Crippen LogP contribution >= 0.6 is 11.8 Å². The van der Waals surface area contributed by atoms with Gasteiger partial charge in [-0.3, -0.25) is 4.90 Å². The van der Waals surface area contributed by atoms with Gasteiger partial charge < -0.3 is 25.1 Å². The quantitative estimate of drug-likeness (QED) is 0.770. The molecule has 1 heterocycles. The second kappa shape index (κ2) is 6.27. The van der Waals surface area contributed by atoms with Crippen LogP contribution in [-0.2, 0) is 9.59 Å². The maximum absolute atomic E-state index is 12.4. The number of carbonyl (C=O) groups is 3. The van der Waals surface area contributed by atoms with Gasteiger partial charge in [0.1, 0.15) is 5.37 Å². The number of carbonyl (C=O) groups excluding carboxylic acids is 3. The predicted octanol–water partition coefficient (Wildman–Crippen LogP) is -0.921. The van der Waals surface area contributed by atoms with Gasteiger partial charge in [0.15, 0.2) is 0 Å². The van der Waals surface area contributed by atoms with Crippen molar-refractivity contribution in [3.8, 4) is 0 Å². The van der Waals surface area contributed by atoms with Crippen LogP contribution in [0.4, 0.5) is 10.5 Å². The molecule has 1 aliphatic rings. The Morgan fingerprint density at radius 2 is 1.77 bits per heavy atom. The molecule has 22 heavy (non-hydrogen) atoms. The average Bonchev–Trinajstić information content (AvgIpc) is 2.88. The Bertz CT molecular complexity index is 591. The molecule has 0 saturated carbocycles. The monoisotopic (exact) mass is 322 g/mol. The number of carboxylic acid groups (broad SMARTS) is 2. The molecule has 0 bridgehead atoms. The van der Waals surface area contributed by atoms with E-state index in [0.717, 1.165) is 27.8 Å². The predicted molar refractivity (Wildman–Crippen MR) is 76.8 cm³/mol. The van der Waals surface area contributed by atoms with Gasteiger partial charge in [0.05, 0.1) is 18.0 Å². The Morgan fingerprint density at radius 3 is 2.27 bits per heavy atom. The summed E-state index contributed by atoms with van der Waals surface area (Å²) in [6, 6.07) is 3.28. The summed E-state index contributed by atoms with van der Waals surface area (Å²) in [6.45, 7) is 3.57. The molecule has 2 rings (SSSR count). The highest BCUT2D eigenvalue weighted by Crippen LogP contribution is 2.30. The van der Waals surface area contributed by atoms with E-state index in [1.807, 2.05) is 6.07 Å². The van der Waals surface area contributed by atoms with E-state index in [2.05, 4.69) is 5.32 Å². The molecule has 118 valence electrons. The first-order chi connectivity index (χ1) is 10.3. The zero-order valence-electron chi connectivity index (χ0n) is 12.0. The van der Waals surface area contributed by atoms with Crippen LogP contribution in [-0.4, -0.2) is 40.0 Å². The number of aliphatic carboxylic acids is 2. The zero-order chi connectivity index (χ0) is 16.4. The van der Waals surface area contributed by atoms with E-state index in [0.29, 0.717) is 5.69 Å². The average molecular weight is 322 g/mol. The van der Waals surface area contributed by atoms with Crippen molar-refractivity contribution in [1.82, 2.24) is 4.90 Å². The molecule has 1 aromatic rings. The summed E-state index contributed by atoms with van der Waals surface area (Å²) in [6.07, 6.45) is 0. The molecule has 2 atom stereocenters. The lowest BCUT2D eigenvalue weighted by molar-refractivity contribution is -0.313. The van der Waals surface area contributed by atoms with Gasteiger partial charge in [-0.05, 0) is 25.0 Å². The van der Waals surface area contributed by atoms with Crippen molar-refractivity contribution in [2.24, 2.45) is 0 Å². The fourth-order valence-electron chi connectivity index (χ4n) is 2.30. The minimum atomic E-state index is -1.51. The van der Waals surface area contributed by atoms with Gasteiger partial charge in [0.2, 0.25) is 0 Å². The molecule has 8 heteroatoms. The smallest absolute Gasteiger partial charge is 0.323 e. The summed E-state index contributed by atoms with van der Waals surface area (Å²) in [5, 5.41) is 23.4. The summed E-state index contributed by atoms with van der Waals surface area (Å²) >= 11 is 0.825. The van der Waals surface area contributed by atoms with Crippen molar-refractivity contribution in [1.29, 1.82) is 0 Å². The van der Waals surface area contributed by atoms with E-state index in [1.54, 1.807) is 26.0 Å². The van der Waals surface area contributed by atoms with Crippen molar-refractivity contribution in [3.63, 3.8) is 0 Å². The highest BCUT2D eigenvalue weighted by Gasteiger charge is 2.39. The molecular formula is C14H14N2O5S-2. The van der Waals surface area contributed by atoms with Crippen LogP contribution < -0.4 is 15.5 Å². The summed E-state index contributed by atoms with van der Waals surface area (Å²) < 4.78 is 0. The second-order valence-corrected chi connectivity index (χ2v) is 6.06. The Hall–Kier alpha value is -2.22. The highest BCUT2D eigenvalue weighted by molar-refractivity contribution is 8.00. The largest absolute Gasteiger partial charge is 0.548 e. The number of nitrogens with one attached hydrogen (secondary N) is 1. The minimum absolute atomic E-state index is 0.0544. The Balaban J connectivity index is 2.28. The third-order valence-corrected chi connectivity index (χ3v) is 4.67. The van der Waals surface area contributed by atoms with Crippen molar-refractivity contribution < 1.29 is 24.6 Å². The van der Waals surface area contributed by atoms with E-state index < -0.39 is 29.4 Å². The van der Waals surface area contributed by atoms with Crippen molar-refractivity contribution >= 4 is 35.4 Å². The molecule has 2 amide bonds. The zero-order valence-corrected chi connectivity index (χ0v) is 12.8. The number of anilines is 1. The fraction of sp³-hybridized carbons (Fsp3) is 0.357. The number of urea groups is 1. The number of para-hydroxylation sites is 1. The third kappa shape index (κ3) is 3.01. The lowest BCUT2D eigenvalue weighted by atomic mass is 10.1. The summed E-state index contributed by atoms with van der Waals surface area (Å²) in [5.41, 5.74) is 2.10. The third-order valence-electron chi connectivity index (χ3n) is 3.42. The van der Waals surface area contributed by atoms with Gasteiger partial charge in [0, 0.05) is 11.4 Å². The maximum atomic E-state index is 12.4. The first-order valence-corrected chi connectivity index (χ1v) is 7.56. The van der Waals surface area contributed by atoms with Gasteiger partial charge >= 0.3 is 6.03 Å². The van der Waals surface area contributed by atoms with Crippen LogP contribution in [0.5, 0.6) is 0 Å². The van der Waals surface area contributed by atoms with E-state index in [4.69, 9.17) is 0 Å². The number of aryl methyl sites for hydroxylation is 2. The van der Waals surface area contributed by atoms with Gasteiger partial charge in [-0.2, -0.15) is 0 Å². The van der Waals surface area contributed by atoms with Crippen LogP contribution in [0, 0.1) is 13.8 Å². The first-order valence-electron chi connectivity index (χ1n) is 6.51. The van der Waals surface area contributed by atoms with E-state index in [9.17, 15) is 24.6 Å². The molecule has 7 nitrogen and oxygen atoms in total. The molecule has 0 aromatic heterocycles. The number of hydrogen-bond acceptors (Lipinski definition) is 6. The summed E-state index contributed by atoms with van der Waals surface area (Å²) in [7, 11) is 0. The minimum Gasteiger partial charge on any atom is -0.548 e. The SMILES string of the molecule is Cc1cccc(C)c1NC(=O)N1[C@@H](C(=O)[O-])CS[C@H]1C(=O)[O-]. The number of nitrogens with zero attached hydrogens (tertiary/aromatic N) is 1. The summed E-state index contributed by atoms with van der Waals surface area (Å²) in [4.78, 5) is 35.3. The first kappa shape index (κ1) is 16.2. The molecule has 0 spiro atoms. The molecule has 1 aromatic carbocycles. The Morgan fingerprint density at radius 1 is 1.18 bits per heavy atom. The number of rotatable bonds is 3. The Labute approximate surface area is 131 Å². The molecule has 0 aliphatic carbocycles. The number of thioether (sulfide) groups is 1. The van der Waals surface area contributed by atoms with E-state index >= 15 is 0 Å². The lowest BCUT2D eigenvalue weighted by Gasteiger charge is -2.30. The molecule has 0 unspecified atom stereocenters. The molecular weight excluding hydrogens is 308 g/mol. The molecule has 1 N–H and O–H groups in total. The highest BCUT2D eigenvalue weighted by atomic mass is 32.2. The van der Waals surface area contributed by atoms with Gasteiger partial charge in [0.25, 0.3) is 0 Å². The number of carboxylic acids is 2.